The Morgan fingerprint density at radius 3 is 2.56 bits per heavy atom. The molecule has 0 bridgehead atoms. The number of anilines is 2. The van der Waals surface area contributed by atoms with Gasteiger partial charge in [0.2, 0.25) is 21.8 Å². The van der Waals surface area contributed by atoms with Crippen LogP contribution >= 0.6 is 34.5 Å². The molecular weight excluding hydrogens is 723 g/mol. The molecule has 2 aliphatic rings. The number of urea groups is 1. The Morgan fingerprint density at radius 2 is 1.86 bits per heavy atom. The largest absolute Gasteiger partial charge is 0.375 e. The molecule has 2 atom stereocenters. The average Bonchev–Trinajstić information content (AvgIpc) is 3.61. The van der Waals surface area contributed by atoms with E-state index < -0.39 is 28.3 Å². The highest BCUT2D eigenvalue weighted by Crippen LogP contribution is 2.33. The molecule has 4 N–H and O–H groups in total. The Labute approximate surface area is 303 Å². The van der Waals surface area contributed by atoms with Crippen LogP contribution in [0.3, 0.4) is 0 Å². The number of halogens is 2. The summed E-state index contributed by atoms with van der Waals surface area (Å²) in [4.78, 5) is 49.5. The van der Waals surface area contributed by atoms with Crippen molar-refractivity contribution >= 4 is 83.4 Å². The number of carbonyl (C=O) groups excluding carboxylic acids is 3. The smallest absolute Gasteiger partial charge is 0.332 e. The normalized spacial score (nSPS) is 18.0. The second kappa shape index (κ2) is 14.4. The summed E-state index contributed by atoms with van der Waals surface area (Å²) in [6.07, 6.45) is 2.09. The molecule has 17 heteroatoms. The number of benzene rings is 3. The van der Waals surface area contributed by atoms with Gasteiger partial charge in [-0.05, 0) is 47.0 Å². The van der Waals surface area contributed by atoms with Crippen LogP contribution in [0.25, 0.3) is 10.2 Å². The molecule has 0 unspecified atom stereocenters. The van der Waals surface area contributed by atoms with Gasteiger partial charge < -0.3 is 20.9 Å². The summed E-state index contributed by atoms with van der Waals surface area (Å²) in [5.41, 5.74) is 9.33. The van der Waals surface area contributed by atoms with E-state index in [1.165, 1.54) is 16.3 Å². The lowest BCUT2D eigenvalue weighted by Crippen LogP contribution is -2.66. The molecule has 2 aliphatic heterocycles. The number of para-hydroxylation sites is 1. The summed E-state index contributed by atoms with van der Waals surface area (Å²) in [5.74, 6) is -0.585. The van der Waals surface area contributed by atoms with E-state index in [1.807, 2.05) is 18.2 Å². The first-order valence-electron chi connectivity index (χ1n) is 15.5. The zero-order valence-electron chi connectivity index (χ0n) is 26.9. The van der Waals surface area contributed by atoms with Crippen LogP contribution in [0, 0.1) is 0 Å². The van der Waals surface area contributed by atoms with Crippen molar-refractivity contribution in [1.82, 2.24) is 30.1 Å². The van der Waals surface area contributed by atoms with Gasteiger partial charge in [-0.25, -0.2) is 18.2 Å². The lowest BCUT2D eigenvalue weighted by atomic mass is 9.99. The highest BCUT2D eigenvalue weighted by atomic mass is 35.5. The molecule has 3 heterocycles. The fourth-order valence-corrected chi connectivity index (χ4v) is 7.90. The quantitative estimate of drug-likeness (QED) is 0.191. The topological polar surface area (TPSA) is 161 Å². The molecule has 2 fully saturated rings. The van der Waals surface area contributed by atoms with Gasteiger partial charge >= 0.3 is 6.03 Å². The summed E-state index contributed by atoms with van der Waals surface area (Å²) in [5, 5.41) is 7.15. The zero-order valence-corrected chi connectivity index (χ0v) is 30.0. The van der Waals surface area contributed by atoms with Crippen molar-refractivity contribution in [2.24, 2.45) is 0 Å². The van der Waals surface area contributed by atoms with E-state index in [1.54, 1.807) is 63.3 Å². The van der Waals surface area contributed by atoms with Crippen LogP contribution in [0.2, 0.25) is 10.0 Å². The lowest BCUT2D eigenvalue weighted by Gasteiger charge is -2.46. The second-order valence-corrected chi connectivity index (χ2v) is 15.6. The van der Waals surface area contributed by atoms with Gasteiger partial charge in [-0.1, -0.05) is 70.9 Å². The van der Waals surface area contributed by atoms with E-state index in [0.29, 0.717) is 31.9 Å². The number of piperazine rings is 1. The molecule has 4 aromatic rings. The number of hydrogen-bond donors (Lipinski definition) is 3. The van der Waals surface area contributed by atoms with Crippen LogP contribution in [-0.2, 0) is 39.1 Å². The highest BCUT2D eigenvalue weighted by molar-refractivity contribution is 7.92. The Balaban J connectivity index is 1.30. The van der Waals surface area contributed by atoms with Crippen LogP contribution in [0.15, 0.2) is 73.3 Å². The molecule has 13 nitrogen and oxygen atoms in total. The maximum absolute atomic E-state index is 14.3. The van der Waals surface area contributed by atoms with Crippen LogP contribution in [-0.4, -0.2) is 89.2 Å². The molecule has 0 spiro atoms. The zero-order chi connectivity index (χ0) is 35.7. The van der Waals surface area contributed by atoms with E-state index in [9.17, 15) is 22.8 Å². The fourth-order valence-electron chi connectivity index (χ4n) is 6.24. The summed E-state index contributed by atoms with van der Waals surface area (Å²) in [6.45, 7) is 4.24. The predicted molar refractivity (Wildman–Crippen MR) is 195 cm³/mol. The number of nitrogen functional groups attached to an aromatic ring is 1. The molecular formula is C33H34Cl2N8O5S2. The third-order valence-electron chi connectivity index (χ3n) is 8.41. The monoisotopic (exact) mass is 756 g/mol. The molecule has 50 heavy (non-hydrogen) atoms. The molecule has 1 aromatic heterocycles. The van der Waals surface area contributed by atoms with Crippen molar-refractivity contribution in [2.45, 2.75) is 31.7 Å². The van der Waals surface area contributed by atoms with Crippen molar-refractivity contribution in [3.05, 3.63) is 100 Å². The number of rotatable bonds is 11. The average molecular weight is 758 g/mol. The summed E-state index contributed by atoms with van der Waals surface area (Å²) < 4.78 is 26.8. The predicted octanol–water partition coefficient (Wildman–Crippen LogP) is 4.29. The van der Waals surface area contributed by atoms with Crippen LogP contribution in [0.5, 0.6) is 0 Å². The second-order valence-electron chi connectivity index (χ2n) is 12.0. The number of hydrogen-bond acceptors (Lipinski definition) is 9. The van der Waals surface area contributed by atoms with Crippen molar-refractivity contribution in [2.75, 3.05) is 36.3 Å². The number of carbonyl (C=O) groups is 3. The molecule has 6 rings (SSSR count). The van der Waals surface area contributed by atoms with E-state index in [4.69, 9.17) is 28.9 Å². The number of nitrogens with one attached hydrogen (secondary N) is 2. The van der Waals surface area contributed by atoms with Gasteiger partial charge in [-0.2, -0.15) is 5.01 Å². The van der Waals surface area contributed by atoms with Gasteiger partial charge in [0.25, 0.3) is 0 Å². The molecule has 262 valence electrons. The Kier molecular flexibility index (Phi) is 10.2. The van der Waals surface area contributed by atoms with Gasteiger partial charge in [-0.3, -0.25) is 19.3 Å². The molecule has 0 saturated carbocycles. The van der Waals surface area contributed by atoms with Gasteiger partial charge in [0.1, 0.15) is 12.2 Å². The minimum absolute atomic E-state index is 0.0929. The first-order chi connectivity index (χ1) is 23.8. The molecule has 3 aromatic carbocycles. The molecule has 4 amide bonds. The highest BCUT2D eigenvalue weighted by Gasteiger charge is 2.52. The number of amides is 4. The SMILES string of the molecule is C=CCN(C(=O)NCc1ccc(Cl)c(Cl)c1)N1CC(=O)N2[C@@H](Cc3ccc(NS(C)(=O)=O)cc3)C(=O)N(Cc3cccc4sc(N)nc34)C[C@@H]21. The first kappa shape index (κ1) is 35.4. The van der Waals surface area contributed by atoms with E-state index in [0.717, 1.165) is 22.1 Å². The summed E-state index contributed by atoms with van der Waals surface area (Å²) in [7, 11) is -3.48. The lowest BCUT2D eigenvalue weighted by molar-refractivity contribution is -0.157. The Morgan fingerprint density at radius 1 is 1.12 bits per heavy atom. The first-order valence-corrected chi connectivity index (χ1v) is 18.9. The van der Waals surface area contributed by atoms with Gasteiger partial charge in [0.05, 0.1) is 46.2 Å². The van der Waals surface area contributed by atoms with Gasteiger partial charge in [0, 0.05) is 25.2 Å². The van der Waals surface area contributed by atoms with E-state index in [2.05, 4.69) is 21.6 Å². The molecule has 0 radical (unpaired) electrons. The molecule has 2 saturated heterocycles. The minimum Gasteiger partial charge on any atom is -0.375 e. The number of fused-ring (bicyclic) bond motifs is 2. The number of nitrogens with two attached hydrogens (primary N) is 1. The Hall–Kier alpha value is -4.41. The summed E-state index contributed by atoms with van der Waals surface area (Å²) >= 11 is 13.6. The standard InChI is InChI=1S/C33H34Cl2N8O5S2/c1-3-13-41(33(46)37-16-21-9-12-24(34)25(35)14-21)42-19-29(44)43-26(15-20-7-10-23(11-8-20)39-50(2,47)48)31(45)40(18-28(42)43)17-22-5-4-6-27-30(22)38-32(36)49-27/h3-12,14,26,28,39H,1,13,15-19H2,2H3,(H2,36,38)(H,37,46)/t26-,28+/m0/s1. The maximum atomic E-state index is 14.3. The summed E-state index contributed by atoms with van der Waals surface area (Å²) in [6, 6.07) is 16.0. The van der Waals surface area contributed by atoms with Gasteiger partial charge in [-0.15, -0.1) is 6.58 Å². The third kappa shape index (κ3) is 7.66. The fraction of sp³-hybridized carbons (Fsp3) is 0.273. The third-order valence-corrected chi connectivity index (χ3v) is 10.6. The van der Waals surface area contributed by atoms with Crippen molar-refractivity contribution in [3.8, 4) is 0 Å². The number of thiazole rings is 1. The van der Waals surface area contributed by atoms with Crippen LogP contribution < -0.4 is 15.8 Å². The number of sulfonamides is 1. The van der Waals surface area contributed by atoms with Crippen LogP contribution in [0.4, 0.5) is 15.6 Å². The number of aromatic nitrogens is 1. The maximum Gasteiger partial charge on any atom is 0.332 e. The number of nitrogens with zero attached hydrogens (tertiary/aromatic N) is 5. The number of hydrazine groups is 1. The van der Waals surface area contributed by atoms with Crippen molar-refractivity contribution < 1.29 is 22.8 Å². The van der Waals surface area contributed by atoms with Crippen molar-refractivity contribution in [3.63, 3.8) is 0 Å². The van der Waals surface area contributed by atoms with Crippen LogP contribution in [0.1, 0.15) is 16.7 Å². The van der Waals surface area contributed by atoms with E-state index >= 15 is 0 Å². The van der Waals surface area contributed by atoms with Gasteiger partial charge in [0.15, 0.2) is 5.13 Å². The van der Waals surface area contributed by atoms with Crippen molar-refractivity contribution in [1.29, 1.82) is 0 Å². The molecule has 0 aliphatic carbocycles. The minimum atomic E-state index is -3.48. The van der Waals surface area contributed by atoms with E-state index in [-0.39, 0.29) is 51.0 Å². The Bertz CT molecular complexity index is 2080.